The molecule has 0 bridgehead atoms. The minimum atomic E-state index is -0.102. The summed E-state index contributed by atoms with van der Waals surface area (Å²) in [7, 11) is 0. The molecule has 0 saturated carbocycles. The molecule has 2 aromatic carbocycles. The van der Waals surface area contributed by atoms with Crippen molar-refractivity contribution in [3.8, 4) is 11.3 Å². The number of halogens is 1. The van der Waals surface area contributed by atoms with Crippen LogP contribution in [-0.4, -0.2) is 15.3 Å². The predicted molar refractivity (Wildman–Crippen MR) is 104 cm³/mol. The molecule has 1 amide bonds. The molecule has 0 atom stereocenters. The fourth-order valence-electron chi connectivity index (χ4n) is 2.89. The summed E-state index contributed by atoms with van der Waals surface area (Å²) in [6.45, 7) is 0. The van der Waals surface area contributed by atoms with Crippen molar-refractivity contribution in [3.05, 3.63) is 89.6 Å². The molecule has 5 heteroatoms. The Bertz CT molecular complexity index is 1060. The van der Waals surface area contributed by atoms with Crippen LogP contribution in [0.3, 0.4) is 0 Å². The van der Waals surface area contributed by atoms with Crippen LogP contribution in [0.5, 0.6) is 0 Å². The van der Waals surface area contributed by atoms with Gasteiger partial charge in [0.1, 0.15) is 17.2 Å². The van der Waals surface area contributed by atoms with Gasteiger partial charge in [-0.2, -0.15) is 0 Å². The van der Waals surface area contributed by atoms with Gasteiger partial charge in [0.05, 0.1) is 11.4 Å². The summed E-state index contributed by atoms with van der Waals surface area (Å²) in [6, 6.07) is 23.0. The second-order valence-electron chi connectivity index (χ2n) is 5.96. The van der Waals surface area contributed by atoms with Crippen molar-refractivity contribution in [2.24, 2.45) is 0 Å². The molecule has 0 aliphatic rings. The zero-order valence-electron chi connectivity index (χ0n) is 13.9. The van der Waals surface area contributed by atoms with Crippen LogP contribution in [0.25, 0.3) is 16.9 Å². The number of benzene rings is 2. The van der Waals surface area contributed by atoms with E-state index in [-0.39, 0.29) is 5.91 Å². The molecule has 26 heavy (non-hydrogen) atoms. The van der Waals surface area contributed by atoms with Crippen molar-refractivity contribution in [1.82, 2.24) is 9.38 Å². The van der Waals surface area contributed by atoms with Crippen molar-refractivity contribution < 1.29 is 4.79 Å². The molecule has 0 unspecified atom stereocenters. The summed E-state index contributed by atoms with van der Waals surface area (Å²) >= 11 is 6.15. The number of anilines is 1. The topological polar surface area (TPSA) is 46.4 Å². The summed E-state index contributed by atoms with van der Waals surface area (Å²) < 4.78 is 1.81. The highest BCUT2D eigenvalue weighted by Crippen LogP contribution is 2.29. The molecule has 4 rings (SSSR count). The standard InChI is InChI=1S/C21H16ClN3O/c22-17-11-12-18-23-20(16-9-5-2-6-10-16)21(25(18)14-17)24-19(26)13-15-7-3-1-4-8-15/h1-12,14H,13H2,(H,24,26). The van der Waals surface area contributed by atoms with Crippen LogP contribution in [0.1, 0.15) is 5.56 Å². The largest absolute Gasteiger partial charge is 0.310 e. The van der Waals surface area contributed by atoms with E-state index in [0.29, 0.717) is 23.0 Å². The minimum absolute atomic E-state index is 0.102. The van der Waals surface area contributed by atoms with Gasteiger partial charge in [0.2, 0.25) is 5.91 Å². The van der Waals surface area contributed by atoms with Gasteiger partial charge in [-0.3, -0.25) is 9.20 Å². The van der Waals surface area contributed by atoms with Crippen LogP contribution in [-0.2, 0) is 11.2 Å². The lowest BCUT2D eigenvalue weighted by Gasteiger charge is -2.08. The zero-order valence-corrected chi connectivity index (χ0v) is 14.6. The summed E-state index contributed by atoms with van der Waals surface area (Å²) in [5.41, 5.74) is 3.33. The summed E-state index contributed by atoms with van der Waals surface area (Å²) in [4.78, 5) is 17.3. The molecule has 0 fully saturated rings. The quantitative estimate of drug-likeness (QED) is 0.565. The lowest BCUT2D eigenvalue weighted by atomic mass is 10.1. The number of amides is 1. The Morgan fingerprint density at radius 1 is 0.962 bits per heavy atom. The second kappa shape index (κ2) is 7.02. The smallest absolute Gasteiger partial charge is 0.229 e. The van der Waals surface area contributed by atoms with Gasteiger partial charge in [-0.05, 0) is 17.7 Å². The summed E-state index contributed by atoms with van der Waals surface area (Å²) in [5.74, 6) is 0.518. The molecular weight excluding hydrogens is 346 g/mol. The van der Waals surface area contributed by atoms with E-state index in [0.717, 1.165) is 16.8 Å². The number of aromatic nitrogens is 2. The molecule has 128 valence electrons. The molecule has 4 nitrogen and oxygen atoms in total. The van der Waals surface area contributed by atoms with E-state index >= 15 is 0 Å². The molecule has 0 radical (unpaired) electrons. The third-order valence-corrected chi connectivity index (χ3v) is 4.32. The number of imidazole rings is 1. The Kier molecular flexibility index (Phi) is 4.42. The lowest BCUT2D eigenvalue weighted by Crippen LogP contribution is -2.16. The van der Waals surface area contributed by atoms with Crippen LogP contribution in [0, 0.1) is 0 Å². The third kappa shape index (κ3) is 3.32. The first-order valence-corrected chi connectivity index (χ1v) is 8.65. The van der Waals surface area contributed by atoms with Crippen LogP contribution >= 0.6 is 11.6 Å². The van der Waals surface area contributed by atoms with Gasteiger partial charge in [-0.15, -0.1) is 0 Å². The number of nitrogens with one attached hydrogen (secondary N) is 1. The van der Waals surface area contributed by atoms with Gasteiger partial charge in [-0.1, -0.05) is 72.3 Å². The molecule has 0 aliphatic heterocycles. The normalized spacial score (nSPS) is 10.8. The van der Waals surface area contributed by atoms with E-state index in [2.05, 4.69) is 10.3 Å². The molecule has 4 aromatic rings. The Morgan fingerprint density at radius 3 is 2.38 bits per heavy atom. The van der Waals surface area contributed by atoms with Crippen LogP contribution in [0.4, 0.5) is 5.82 Å². The van der Waals surface area contributed by atoms with Crippen molar-refractivity contribution in [3.63, 3.8) is 0 Å². The van der Waals surface area contributed by atoms with Crippen molar-refractivity contribution in [2.45, 2.75) is 6.42 Å². The summed E-state index contributed by atoms with van der Waals surface area (Å²) in [6.07, 6.45) is 2.05. The molecule has 2 heterocycles. The Labute approximate surface area is 156 Å². The molecule has 0 spiro atoms. The van der Waals surface area contributed by atoms with Gasteiger partial charge in [0, 0.05) is 11.8 Å². The molecule has 2 aromatic heterocycles. The van der Waals surface area contributed by atoms with Gasteiger partial charge in [0.25, 0.3) is 0 Å². The molecule has 0 aliphatic carbocycles. The average molecular weight is 362 g/mol. The monoisotopic (exact) mass is 361 g/mol. The van der Waals surface area contributed by atoms with E-state index in [4.69, 9.17) is 11.6 Å². The van der Waals surface area contributed by atoms with Crippen LogP contribution < -0.4 is 5.32 Å². The third-order valence-electron chi connectivity index (χ3n) is 4.09. The average Bonchev–Trinajstić information content (AvgIpc) is 3.01. The zero-order chi connectivity index (χ0) is 17.9. The highest BCUT2D eigenvalue weighted by molar-refractivity contribution is 6.30. The van der Waals surface area contributed by atoms with Gasteiger partial charge in [0.15, 0.2) is 0 Å². The molecule has 0 saturated heterocycles. The van der Waals surface area contributed by atoms with E-state index in [1.807, 2.05) is 71.1 Å². The molecule has 1 N–H and O–H groups in total. The van der Waals surface area contributed by atoms with E-state index < -0.39 is 0 Å². The SMILES string of the molecule is O=C(Cc1ccccc1)Nc1c(-c2ccccc2)nc2ccc(Cl)cn12. The fraction of sp³-hybridized carbons (Fsp3) is 0.0476. The van der Waals surface area contributed by atoms with Gasteiger partial charge < -0.3 is 5.32 Å². The highest BCUT2D eigenvalue weighted by Gasteiger charge is 2.16. The van der Waals surface area contributed by atoms with Crippen molar-refractivity contribution in [2.75, 3.05) is 5.32 Å². The second-order valence-corrected chi connectivity index (χ2v) is 6.40. The van der Waals surface area contributed by atoms with E-state index in [1.165, 1.54) is 0 Å². The number of hydrogen-bond acceptors (Lipinski definition) is 2. The summed E-state index contributed by atoms with van der Waals surface area (Å²) in [5, 5.41) is 3.59. The van der Waals surface area contributed by atoms with Crippen LogP contribution in [0.2, 0.25) is 5.02 Å². The highest BCUT2D eigenvalue weighted by atomic mass is 35.5. The maximum absolute atomic E-state index is 12.6. The maximum atomic E-state index is 12.6. The number of nitrogens with zero attached hydrogens (tertiary/aromatic N) is 2. The lowest BCUT2D eigenvalue weighted by molar-refractivity contribution is -0.115. The van der Waals surface area contributed by atoms with Crippen molar-refractivity contribution >= 4 is 29.0 Å². The number of rotatable bonds is 4. The van der Waals surface area contributed by atoms with Crippen LogP contribution in [0.15, 0.2) is 79.0 Å². The van der Waals surface area contributed by atoms with Gasteiger partial charge >= 0.3 is 0 Å². The first-order valence-electron chi connectivity index (χ1n) is 8.27. The first-order chi connectivity index (χ1) is 12.7. The molecular formula is C21H16ClN3O. The Morgan fingerprint density at radius 2 is 1.65 bits per heavy atom. The predicted octanol–water partition coefficient (Wildman–Crippen LogP) is 4.84. The maximum Gasteiger partial charge on any atom is 0.229 e. The van der Waals surface area contributed by atoms with Crippen molar-refractivity contribution in [1.29, 1.82) is 0 Å². The van der Waals surface area contributed by atoms with E-state index in [9.17, 15) is 4.79 Å². The number of pyridine rings is 1. The first kappa shape index (κ1) is 16.4. The van der Waals surface area contributed by atoms with Gasteiger partial charge in [-0.25, -0.2) is 4.98 Å². The number of carbonyl (C=O) groups is 1. The minimum Gasteiger partial charge on any atom is -0.310 e. The number of hydrogen-bond donors (Lipinski definition) is 1. The Balaban J connectivity index is 1.74. The Hall–Kier alpha value is -3.11. The van der Waals surface area contributed by atoms with E-state index in [1.54, 1.807) is 12.3 Å². The number of fused-ring (bicyclic) bond motifs is 1. The fourth-order valence-corrected chi connectivity index (χ4v) is 3.05. The number of carbonyl (C=O) groups excluding carboxylic acids is 1.